The standard InChI is InChI=1S/C13H16FNO/c1-9-6-10(8-11(14)7-9)13(16)4-5-15-12-2-3-12/h6-8,12,15H,2-5H2,1H3. The van der Waals surface area contributed by atoms with Gasteiger partial charge in [0.25, 0.3) is 0 Å². The van der Waals surface area contributed by atoms with Gasteiger partial charge in [-0.2, -0.15) is 0 Å². The normalized spacial score (nSPS) is 15.1. The van der Waals surface area contributed by atoms with E-state index in [1.54, 1.807) is 13.0 Å². The lowest BCUT2D eigenvalue weighted by molar-refractivity contribution is 0.0982. The molecule has 0 amide bonds. The quantitative estimate of drug-likeness (QED) is 0.774. The summed E-state index contributed by atoms with van der Waals surface area (Å²) in [5.74, 6) is -0.325. The number of aryl methyl sites for hydroxylation is 1. The van der Waals surface area contributed by atoms with E-state index in [2.05, 4.69) is 5.32 Å². The van der Waals surface area contributed by atoms with Gasteiger partial charge < -0.3 is 5.32 Å². The first-order valence-electron chi connectivity index (χ1n) is 5.69. The van der Waals surface area contributed by atoms with E-state index in [9.17, 15) is 9.18 Å². The van der Waals surface area contributed by atoms with Gasteiger partial charge in [-0.1, -0.05) is 0 Å². The molecule has 1 aliphatic rings. The largest absolute Gasteiger partial charge is 0.314 e. The van der Waals surface area contributed by atoms with Crippen molar-refractivity contribution in [2.45, 2.75) is 32.2 Å². The van der Waals surface area contributed by atoms with Crippen molar-refractivity contribution in [3.8, 4) is 0 Å². The highest BCUT2D eigenvalue weighted by atomic mass is 19.1. The molecule has 1 saturated carbocycles. The molecular formula is C13H16FNO. The Hall–Kier alpha value is -1.22. The molecule has 2 rings (SSSR count). The molecule has 1 aromatic carbocycles. The number of Topliss-reactive ketones (excluding diaryl/α,β-unsaturated/α-hetero) is 1. The maximum absolute atomic E-state index is 13.1. The molecule has 2 nitrogen and oxygen atoms in total. The van der Waals surface area contributed by atoms with Crippen molar-refractivity contribution in [3.63, 3.8) is 0 Å². The molecule has 1 N–H and O–H groups in total. The highest BCUT2D eigenvalue weighted by Gasteiger charge is 2.20. The summed E-state index contributed by atoms with van der Waals surface area (Å²) >= 11 is 0. The van der Waals surface area contributed by atoms with Crippen molar-refractivity contribution in [1.29, 1.82) is 0 Å². The molecular weight excluding hydrogens is 205 g/mol. The molecule has 16 heavy (non-hydrogen) atoms. The first-order valence-corrected chi connectivity index (χ1v) is 5.69. The van der Waals surface area contributed by atoms with Crippen LogP contribution >= 0.6 is 0 Å². The number of rotatable bonds is 5. The van der Waals surface area contributed by atoms with Crippen molar-refractivity contribution in [1.82, 2.24) is 5.32 Å². The Labute approximate surface area is 94.9 Å². The fraction of sp³-hybridized carbons (Fsp3) is 0.462. The Morgan fingerprint density at radius 3 is 2.81 bits per heavy atom. The molecule has 86 valence electrons. The summed E-state index contributed by atoms with van der Waals surface area (Å²) in [5, 5.41) is 3.27. The summed E-state index contributed by atoms with van der Waals surface area (Å²) in [6.07, 6.45) is 2.87. The zero-order valence-corrected chi connectivity index (χ0v) is 9.42. The molecule has 0 unspecified atom stereocenters. The number of carbonyl (C=O) groups is 1. The van der Waals surface area contributed by atoms with Crippen LogP contribution in [0.4, 0.5) is 4.39 Å². The maximum Gasteiger partial charge on any atom is 0.164 e. The van der Waals surface area contributed by atoms with Crippen LogP contribution < -0.4 is 5.32 Å². The number of benzene rings is 1. The van der Waals surface area contributed by atoms with Crippen LogP contribution in [0, 0.1) is 12.7 Å². The lowest BCUT2D eigenvalue weighted by Gasteiger charge is -2.04. The minimum Gasteiger partial charge on any atom is -0.314 e. The van der Waals surface area contributed by atoms with Gasteiger partial charge in [0.05, 0.1) is 0 Å². The lowest BCUT2D eigenvalue weighted by Crippen LogP contribution is -2.20. The van der Waals surface area contributed by atoms with Crippen molar-refractivity contribution >= 4 is 5.78 Å². The topological polar surface area (TPSA) is 29.1 Å². The predicted octanol–water partition coefficient (Wildman–Crippen LogP) is 2.46. The third kappa shape index (κ3) is 3.14. The second-order valence-electron chi connectivity index (χ2n) is 4.42. The highest BCUT2D eigenvalue weighted by Crippen LogP contribution is 2.18. The minimum absolute atomic E-state index is 0.00995. The molecule has 0 spiro atoms. The van der Waals surface area contributed by atoms with E-state index in [0.717, 1.165) is 5.56 Å². The van der Waals surface area contributed by atoms with E-state index >= 15 is 0 Å². The molecule has 1 aromatic rings. The second-order valence-corrected chi connectivity index (χ2v) is 4.42. The smallest absolute Gasteiger partial charge is 0.164 e. The van der Waals surface area contributed by atoms with Gasteiger partial charge in [-0.15, -0.1) is 0 Å². The lowest BCUT2D eigenvalue weighted by atomic mass is 10.1. The molecule has 0 radical (unpaired) electrons. The fourth-order valence-corrected chi connectivity index (χ4v) is 1.72. The van der Waals surface area contributed by atoms with E-state index in [1.807, 2.05) is 0 Å². The molecule has 0 saturated heterocycles. The van der Waals surface area contributed by atoms with Gasteiger partial charge in [-0.3, -0.25) is 4.79 Å². The summed E-state index contributed by atoms with van der Waals surface area (Å²) in [4.78, 5) is 11.7. The summed E-state index contributed by atoms with van der Waals surface area (Å²) in [6, 6.07) is 5.09. The second kappa shape index (κ2) is 4.74. The number of halogens is 1. The number of hydrogen-bond donors (Lipinski definition) is 1. The summed E-state index contributed by atoms with van der Waals surface area (Å²) in [6.45, 7) is 2.49. The highest BCUT2D eigenvalue weighted by molar-refractivity contribution is 5.96. The summed E-state index contributed by atoms with van der Waals surface area (Å²) in [5.41, 5.74) is 1.27. The summed E-state index contributed by atoms with van der Waals surface area (Å²) < 4.78 is 13.1. The van der Waals surface area contributed by atoms with Gasteiger partial charge in [0.15, 0.2) is 5.78 Å². The average Bonchev–Trinajstić information content (AvgIpc) is 3.00. The zero-order valence-electron chi connectivity index (χ0n) is 9.42. The Morgan fingerprint density at radius 2 is 2.19 bits per heavy atom. The van der Waals surface area contributed by atoms with Crippen LogP contribution in [-0.4, -0.2) is 18.4 Å². The van der Waals surface area contributed by atoms with Crippen molar-refractivity contribution < 1.29 is 9.18 Å². The monoisotopic (exact) mass is 221 g/mol. The van der Waals surface area contributed by atoms with Gasteiger partial charge in [-0.25, -0.2) is 4.39 Å². The van der Waals surface area contributed by atoms with E-state index in [-0.39, 0.29) is 11.6 Å². The van der Waals surface area contributed by atoms with Crippen LogP contribution in [0.2, 0.25) is 0 Å². The maximum atomic E-state index is 13.1. The number of ketones is 1. The van der Waals surface area contributed by atoms with Crippen molar-refractivity contribution in [2.24, 2.45) is 0 Å². The Morgan fingerprint density at radius 1 is 1.44 bits per heavy atom. The Kier molecular flexibility index (Phi) is 3.34. The summed E-state index contributed by atoms with van der Waals surface area (Å²) in [7, 11) is 0. The minimum atomic E-state index is -0.335. The molecule has 1 fully saturated rings. The molecule has 3 heteroatoms. The third-order valence-electron chi connectivity index (χ3n) is 2.73. The number of nitrogens with one attached hydrogen (secondary N) is 1. The van der Waals surface area contributed by atoms with Crippen LogP contribution in [-0.2, 0) is 0 Å². The molecule has 0 atom stereocenters. The van der Waals surface area contributed by atoms with Gasteiger partial charge in [0.1, 0.15) is 5.82 Å². The van der Waals surface area contributed by atoms with E-state index in [4.69, 9.17) is 0 Å². The van der Waals surface area contributed by atoms with E-state index in [1.165, 1.54) is 25.0 Å². The van der Waals surface area contributed by atoms with Gasteiger partial charge in [0, 0.05) is 24.6 Å². The van der Waals surface area contributed by atoms with Crippen LogP contribution in [0.15, 0.2) is 18.2 Å². The molecule has 1 aliphatic carbocycles. The molecule has 0 aromatic heterocycles. The van der Waals surface area contributed by atoms with E-state index in [0.29, 0.717) is 24.6 Å². The number of hydrogen-bond acceptors (Lipinski definition) is 2. The predicted molar refractivity (Wildman–Crippen MR) is 61.1 cm³/mol. The molecule has 0 bridgehead atoms. The SMILES string of the molecule is Cc1cc(F)cc(C(=O)CCNC2CC2)c1. The number of carbonyl (C=O) groups excluding carboxylic acids is 1. The molecule has 0 aliphatic heterocycles. The van der Waals surface area contributed by atoms with Gasteiger partial charge in [0.2, 0.25) is 0 Å². The van der Waals surface area contributed by atoms with Crippen LogP contribution in [0.5, 0.6) is 0 Å². The Balaban J connectivity index is 1.91. The van der Waals surface area contributed by atoms with Crippen LogP contribution in [0.3, 0.4) is 0 Å². The van der Waals surface area contributed by atoms with Crippen LogP contribution in [0.1, 0.15) is 35.2 Å². The molecule has 0 heterocycles. The third-order valence-corrected chi connectivity index (χ3v) is 2.73. The van der Waals surface area contributed by atoms with Crippen molar-refractivity contribution in [2.75, 3.05) is 6.54 Å². The van der Waals surface area contributed by atoms with Crippen molar-refractivity contribution in [3.05, 3.63) is 35.1 Å². The van der Waals surface area contributed by atoms with Gasteiger partial charge >= 0.3 is 0 Å². The Bertz CT molecular complexity index is 379. The average molecular weight is 221 g/mol. The van der Waals surface area contributed by atoms with Crippen LogP contribution in [0.25, 0.3) is 0 Å². The van der Waals surface area contributed by atoms with E-state index < -0.39 is 0 Å². The fourth-order valence-electron chi connectivity index (χ4n) is 1.72. The first-order chi connectivity index (χ1) is 7.65. The zero-order chi connectivity index (χ0) is 11.5. The van der Waals surface area contributed by atoms with Gasteiger partial charge in [-0.05, 0) is 43.5 Å². The first kappa shape index (κ1) is 11.3.